The van der Waals surface area contributed by atoms with Gasteiger partial charge in [-0.15, -0.1) is 0 Å². The predicted molar refractivity (Wildman–Crippen MR) is 101 cm³/mol. The van der Waals surface area contributed by atoms with E-state index < -0.39 is 9.84 Å². The van der Waals surface area contributed by atoms with E-state index in [0.717, 1.165) is 17.8 Å². The van der Waals surface area contributed by atoms with Gasteiger partial charge in [-0.1, -0.05) is 44.2 Å². The molecule has 1 saturated heterocycles. The molecule has 1 aromatic carbocycles. The number of hydrogen-bond acceptors (Lipinski definition) is 6. The molecule has 1 unspecified atom stereocenters. The van der Waals surface area contributed by atoms with E-state index in [-0.39, 0.29) is 17.5 Å². The van der Waals surface area contributed by atoms with Crippen molar-refractivity contribution in [1.82, 2.24) is 9.97 Å². The minimum Gasteiger partial charge on any atom is -0.366 e. The van der Waals surface area contributed by atoms with Gasteiger partial charge in [-0.3, -0.25) is 0 Å². The number of nitrogens with one attached hydrogen (secondary N) is 2. The Hall–Kier alpha value is -2.15. The van der Waals surface area contributed by atoms with Crippen molar-refractivity contribution in [3.63, 3.8) is 0 Å². The number of nitrogens with zero attached hydrogens (tertiary/aromatic N) is 2. The Morgan fingerprint density at radius 2 is 1.96 bits per heavy atom. The standard InChI is InChI=1S/C18H24N4O2S/c1-13(2)11-19-18-21-16(14-6-4-3-5-7-14)10-17(22-18)20-15-8-9-25(23,24)12-15/h3-7,10,13,15H,8-9,11-12H2,1-2H3,(H2,19,20,21,22). The predicted octanol–water partition coefficient (Wildman–Crippen LogP) is 2.81. The third-order valence-electron chi connectivity index (χ3n) is 4.05. The van der Waals surface area contributed by atoms with Crippen LogP contribution in [0.5, 0.6) is 0 Å². The summed E-state index contributed by atoms with van der Waals surface area (Å²) in [6.45, 7) is 5.02. The highest BCUT2D eigenvalue weighted by Gasteiger charge is 2.28. The van der Waals surface area contributed by atoms with Crippen LogP contribution < -0.4 is 10.6 Å². The maximum atomic E-state index is 11.7. The molecule has 1 aliphatic rings. The summed E-state index contributed by atoms with van der Waals surface area (Å²) in [5.74, 6) is 2.08. The van der Waals surface area contributed by atoms with Crippen molar-refractivity contribution in [2.24, 2.45) is 5.92 Å². The van der Waals surface area contributed by atoms with Crippen LogP contribution in [-0.4, -0.2) is 42.5 Å². The van der Waals surface area contributed by atoms with E-state index in [4.69, 9.17) is 0 Å². The summed E-state index contributed by atoms with van der Waals surface area (Å²) < 4.78 is 23.4. The monoisotopic (exact) mass is 360 g/mol. The van der Waals surface area contributed by atoms with E-state index in [1.165, 1.54) is 0 Å². The summed E-state index contributed by atoms with van der Waals surface area (Å²) >= 11 is 0. The lowest BCUT2D eigenvalue weighted by atomic mass is 10.1. The summed E-state index contributed by atoms with van der Waals surface area (Å²) in [5, 5.41) is 6.52. The van der Waals surface area contributed by atoms with Gasteiger partial charge in [0.1, 0.15) is 5.82 Å². The molecule has 3 rings (SSSR count). The van der Waals surface area contributed by atoms with Crippen molar-refractivity contribution in [3.8, 4) is 11.3 Å². The largest absolute Gasteiger partial charge is 0.366 e. The maximum Gasteiger partial charge on any atom is 0.225 e. The fourth-order valence-electron chi connectivity index (χ4n) is 2.77. The van der Waals surface area contributed by atoms with E-state index >= 15 is 0 Å². The van der Waals surface area contributed by atoms with Gasteiger partial charge in [0.05, 0.1) is 17.2 Å². The molecule has 0 amide bonds. The van der Waals surface area contributed by atoms with E-state index in [1.807, 2.05) is 36.4 Å². The quantitative estimate of drug-likeness (QED) is 0.824. The molecule has 0 aliphatic carbocycles. The minimum absolute atomic E-state index is 0.0959. The topological polar surface area (TPSA) is 84.0 Å². The average molecular weight is 360 g/mol. The zero-order chi connectivity index (χ0) is 17.9. The zero-order valence-electron chi connectivity index (χ0n) is 14.6. The smallest absolute Gasteiger partial charge is 0.225 e. The fourth-order valence-corrected chi connectivity index (χ4v) is 4.44. The molecule has 6 nitrogen and oxygen atoms in total. The molecule has 0 spiro atoms. The number of sulfone groups is 1. The lowest BCUT2D eigenvalue weighted by Crippen LogP contribution is -2.22. The molecule has 7 heteroatoms. The highest BCUT2D eigenvalue weighted by Crippen LogP contribution is 2.23. The lowest BCUT2D eigenvalue weighted by molar-refractivity contribution is 0.602. The Morgan fingerprint density at radius 1 is 1.20 bits per heavy atom. The van der Waals surface area contributed by atoms with Gasteiger partial charge in [0.25, 0.3) is 0 Å². The third-order valence-corrected chi connectivity index (χ3v) is 5.82. The van der Waals surface area contributed by atoms with Crippen molar-refractivity contribution in [2.75, 3.05) is 28.7 Å². The van der Waals surface area contributed by atoms with Crippen LogP contribution in [0.4, 0.5) is 11.8 Å². The van der Waals surface area contributed by atoms with Gasteiger partial charge in [0.15, 0.2) is 9.84 Å². The number of hydrogen-bond donors (Lipinski definition) is 2. The Bertz CT molecular complexity index is 822. The SMILES string of the molecule is CC(C)CNc1nc(NC2CCS(=O)(=O)C2)cc(-c2ccccc2)n1. The van der Waals surface area contributed by atoms with Crippen molar-refractivity contribution < 1.29 is 8.42 Å². The van der Waals surface area contributed by atoms with Gasteiger partial charge in [-0.2, -0.15) is 4.98 Å². The molecular weight excluding hydrogens is 336 g/mol. The first kappa shape index (κ1) is 17.7. The first-order chi connectivity index (χ1) is 11.9. The zero-order valence-corrected chi connectivity index (χ0v) is 15.4. The molecular formula is C18H24N4O2S. The third kappa shape index (κ3) is 4.92. The van der Waals surface area contributed by atoms with E-state index in [9.17, 15) is 8.42 Å². The molecule has 2 aromatic rings. The minimum atomic E-state index is -2.93. The molecule has 0 radical (unpaired) electrons. The Labute approximate surface area is 149 Å². The van der Waals surface area contributed by atoms with Gasteiger partial charge >= 0.3 is 0 Å². The van der Waals surface area contributed by atoms with Gasteiger partial charge in [-0.25, -0.2) is 13.4 Å². The van der Waals surface area contributed by atoms with Crippen LogP contribution in [0.25, 0.3) is 11.3 Å². The van der Waals surface area contributed by atoms with Gasteiger partial charge in [-0.05, 0) is 12.3 Å². The Kier molecular flexibility index (Phi) is 5.22. The van der Waals surface area contributed by atoms with Crippen molar-refractivity contribution in [1.29, 1.82) is 0 Å². The summed E-state index contributed by atoms with van der Waals surface area (Å²) in [7, 11) is -2.93. The first-order valence-electron chi connectivity index (χ1n) is 8.56. The number of anilines is 2. The summed E-state index contributed by atoms with van der Waals surface area (Å²) in [6.07, 6.45) is 0.613. The number of rotatable bonds is 6. The van der Waals surface area contributed by atoms with Gasteiger partial charge < -0.3 is 10.6 Å². The molecule has 134 valence electrons. The van der Waals surface area contributed by atoms with Gasteiger partial charge in [0, 0.05) is 24.2 Å². The van der Waals surface area contributed by atoms with Crippen LogP contribution >= 0.6 is 0 Å². The Morgan fingerprint density at radius 3 is 2.60 bits per heavy atom. The van der Waals surface area contributed by atoms with Crippen molar-refractivity contribution in [2.45, 2.75) is 26.3 Å². The van der Waals surface area contributed by atoms with E-state index in [2.05, 4.69) is 34.4 Å². The van der Waals surface area contributed by atoms with Crippen LogP contribution in [0.3, 0.4) is 0 Å². The molecule has 2 heterocycles. The first-order valence-corrected chi connectivity index (χ1v) is 10.4. The molecule has 2 N–H and O–H groups in total. The van der Waals surface area contributed by atoms with Crippen LogP contribution in [0.2, 0.25) is 0 Å². The second kappa shape index (κ2) is 7.39. The molecule has 0 saturated carbocycles. The summed E-state index contributed by atoms with van der Waals surface area (Å²) in [6, 6.07) is 11.7. The second-order valence-electron chi connectivity index (χ2n) is 6.85. The van der Waals surface area contributed by atoms with Crippen LogP contribution in [0.15, 0.2) is 36.4 Å². The molecule has 1 fully saturated rings. The normalized spacial score (nSPS) is 19.1. The van der Waals surface area contributed by atoms with Crippen LogP contribution in [0, 0.1) is 5.92 Å². The second-order valence-corrected chi connectivity index (χ2v) is 9.08. The fraction of sp³-hybridized carbons (Fsp3) is 0.444. The molecule has 1 aliphatic heterocycles. The van der Waals surface area contributed by atoms with Crippen LogP contribution in [0.1, 0.15) is 20.3 Å². The number of aromatic nitrogens is 2. The highest BCUT2D eigenvalue weighted by molar-refractivity contribution is 7.91. The summed E-state index contributed by atoms with van der Waals surface area (Å²) in [5.41, 5.74) is 1.81. The number of benzene rings is 1. The van der Waals surface area contributed by atoms with Gasteiger partial charge in [0.2, 0.25) is 5.95 Å². The highest BCUT2D eigenvalue weighted by atomic mass is 32.2. The van der Waals surface area contributed by atoms with Crippen molar-refractivity contribution in [3.05, 3.63) is 36.4 Å². The van der Waals surface area contributed by atoms with E-state index in [1.54, 1.807) is 0 Å². The lowest BCUT2D eigenvalue weighted by Gasteiger charge is -2.15. The molecule has 0 bridgehead atoms. The molecule has 1 aromatic heterocycles. The molecule has 1 atom stereocenters. The van der Waals surface area contributed by atoms with E-state index in [0.29, 0.717) is 24.1 Å². The van der Waals surface area contributed by atoms with Crippen LogP contribution in [-0.2, 0) is 9.84 Å². The maximum absolute atomic E-state index is 11.7. The molecule has 25 heavy (non-hydrogen) atoms. The average Bonchev–Trinajstić information content (AvgIpc) is 2.92. The Balaban J connectivity index is 1.86. The summed E-state index contributed by atoms with van der Waals surface area (Å²) in [4.78, 5) is 9.11. The van der Waals surface area contributed by atoms with Crippen molar-refractivity contribution >= 4 is 21.6 Å².